The van der Waals surface area contributed by atoms with Gasteiger partial charge >= 0.3 is 5.97 Å². The molecule has 2 atom stereocenters. The Morgan fingerprint density at radius 3 is 2.43 bits per heavy atom. The van der Waals surface area contributed by atoms with Crippen molar-refractivity contribution in [3.05, 3.63) is 113 Å². The molecule has 188 valence electrons. The Hall–Kier alpha value is -4.12. The minimum atomic E-state index is -0.943. The second-order valence-corrected chi connectivity index (χ2v) is 9.72. The zero-order valence-corrected chi connectivity index (χ0v) is 21.6. The fourth-order valence-corrected chi connectivity index (χ4v) is 5.34. The van der Waals surface area contributed by atoms with E-state index in [-0.39, 0.29) is 6.04 Å². The van der Waals surface area contributed by atoms with Gasteiger partial charge in [0.1, 0.15) is 0 Å². The molecular weight excluding hydrogens is 458 g/mol. The summed E-state index contributed by atoms with van der Waals surface area (Å²) in [5.74, 6) is -0.943. The average Bonchev–Trinajstić information content (AvgIpc) is 3.41. The number of anilines is 1. The van der Waals surface area contributed by atoms with Gasteiger partial charge in [-0.2, -0.15) is 5.10 Å². The van der Waals surface area contributed by atoms with Gasteiger partial charge in [0.25, 0.3) is 0 Å². The molecule has 0 unspecified atom stereocenters. The highest BCUT2D eigenvalue weighted by molar-refractivity contribution is 5.85. The normalized spacial score (nSPS) is 17.2. The molecule has 0 spiro atoms. The van der Waals surface area contributed by atoms with Gasteiger partial charge in [-0.15, -0.1) is 0 Å². The van der Waals surface area contributed by atoms with Crippen LogP contribution in [0.2, 0.25) is 0 Å². The summed E-state index contributed by atoms with van der Waals surface area (Å²) >= 11 is 0. The first-order valence-electron chi connectivity index (χ1n) is 13.0. The molecule has 0 aliphatic carbocycles. The molecule has 5 rings (SSSR count). The molecule has 37 heavy (non-hydrogen) atoms. The fraction of sp³-hybridized carbons (Fsp3) is 0.250. The van der Waals surface area contributed by atoms with Gasteiger partial charge in [0.05, 0.1) is 12.2 Å². The van der Waals surface area contributed by atoms with Crippen LogP contribution in [0, 0.1) is 0 Å². The molecule has 4 aromatic rings. The van der Waals surface area contributed by atoms with Crippen molar-refractivity contribution in [3.8, 4) is 11.1 Å². The van der Waals surface area contributed by atoms with Crippen LogP contribution in [0.25, 0.3) is 17.2 Å². The average molecular weight is 492 g/mol. The molecule has 3 aromatic carbocycles. The summed E-state index contributed by atoms with van der Waals surface area (Å²) in [7, 11) is 0. The number of fused-ring (bicyclic) bond motifs is 1. The van der Waals surface area contributed by atoms with Crippen LogP contribution in [-0.2, 0) is 24.2 Å². The van der Waals surface area contributed by atoms with Gasteiger partial charge in [0, 0.05) is 36.1 Å². The van der Waals surface area contributed by atoms with E-state index >= 15 is 0 Å². The van der Waals surface area contributed by atoms with E-state index in [1.807, 2.05) is 23.0 Å². The maximum Gasteiger partial charge on any atom is 0.328 e. The third-order valence-electron chi connectivity index (χ3n) is 7.31. The number of carboxylic acids is 1. The highest BCUT2D eigenvalue weighted by Gasteiger charge is 2.33. The number of hydrogen-bond donors (Lipinski definition) is 1. The van der Waals surface area contributed by atoms with Gasteiger partial charge in [-0.25, -0.2) is 4.79 Å². The molecule has 1 aliphatic rings. The Morgan fingerprint density at radius 2 is 1.78 bits per heavy atom. The van der Waals surface area contributed by atoms with E-state index in [4.69, 9.17) is 5.11 Å². The van der Waals surface area contributed by atoms with Crippen LogP contribution >= 0.6 is 0 Å². The number of carbonyl (C=O) groups is 1. The Morgan fingerprint density at radius 1 is 1.03 bits per heavy atom. The van der Waals surface area contributed by atoms with Crippen molar-refractivity contribution in [2.24, 2.45) is 0 Å². The molecule has 1 aromatic heterocycles. The van der Waals surface area contributed by atoms with Crippen molar-refractivity contribution >= 4 is 17.7 Å². The smallest absolute Gasteiger partial charge is 0.328 e. The van der Waals surface area contributed by atoms with Crippen molar-refractivity contribution in [2.75, 3.05) is 4.90 Å². The van der Waals surface area contributed by atoms with E-state index in [9.17, 15) is 4.79 Å². The fourth-order valence-electron chi connectivity index (χ4n) is 5.34. The maximum absolute atomic E-state index is 11.0. The molecule has 1 N–H and O–H groups in total. The number of carboxylic acid groups (broad SMARTS) is 1. The van der Waals surface area contributed by atoms with Gasteiger partial charge in [-0.3, -0.25) is 4.68 Å². The summed E-state index contributed by atoms with van der Waals surface area (Å²) in [6.45, 7) is 7.43. The monoisotopic (exact) mass is 491 g/mol. The van der Waals surface area contributed by atoms with Gasteiger partial charge in [0.15, 0.2) is 0 Å². The highest BCUT2D eigenvalue weighted by Crippen LogP contribution is 2.42. The first kappa shape index (κ1) is 24.6. The van der Waals surface area contributed by atoms with Crippen LogP contribution in [-0.4, -0.2) is 26.9 Å². The SMILES string of the molecule is CCc1ccc(N2[C@H](c3ccc(/C=C/C(=O)O)cc3)c3ccc(-c4cnn(CC)c4)cc3C[C@H]2C)cc1. The lowest BCUT2D eigenvalue weighted by Gasteiger charge is -2.44. The van der Waals surface area contributed by atoms with E-state index < -0.39 is 5.97 Å². The summed E-state index contributed by atoms with van der Waals surface area (Å²) in [5, 5.41) is 13.5. The van der Waals surface area contributed by atoms with Crippen molar-refractivity contribution in [1.29, 1.82) is 0 Å². The number of nitrogens with zero attached hydrogens (tertiary/aromatic N) is 3. The second kappa shape index (κ2) is 10.5. The molecule has 0 bridgehead atoms. The first-order chi connectivity index (χ1) is 18.0. The summed E-state index contributed by atoms with van der Waals surface area (Å²) in [4.78, 5) is 13.5. The molecule has 0 saturated heterocycles. The minimum Gasteiger partial charge on any atom is -0.478 e. The highest BCUT2D eigenvalue weighted by atomic mass is 16.4. The van der Waals surface area contributed by atoms with E-state index in [1.54, 1.807) is 6.08 Å². The molecule has 0 saturated carbocycles. The van der Waals surface area contributed by atoms with Crippen LogP contribution in [0.5, 0.6) is 0 Å². The van der Waals surface area contributed by atoms with Gasteiger partial charge in [-0.1, -0.05) is 61.5 Å². The van der Waals surface area contributed by atoms with Crippen LogP contribution < -0.4 is 4.90 Å². The van der Waals surface area contributed by atoms with E-state index in [0.717, 1.165) is 30.5 Å². The summed E-state index contributed by atoms with van der Waals surface area (Å²) in [5.41, 5.74) is 9.60. The molecule has 0 radical (unpaired) electrons. The van der Waals surface area contributed by atoms with E-state index in [0.29, 0.717) is 6.04 Å². The molecule has 5 heteroatoms. The van der Waals surface area contributed by atoms with Crippen LogP contribution in [0.4, 0.5) is 5.69 Å². The van der Waals surface area contributed by atoms with Crippen molar-refractivity contribution < 1.29 is 9.90 Å². The molecule has 0 amide bonds. The number of aromatic nitrogens is 2. The van der Waals surface area contributed by atoms with Crippen molar-refractivity contribution in [1.82, 2.24) is 9.78 Å². The molecule has 2 heterocycles. The molecular formula is C32H33N3O2. The third-order valence-corrected chi connectivity index (χ3v) is 7.31. The third kappa shape index (κ3) is 5.08. The second-order valence-electron chi connectivity index (χ2n) is 9.72. The Bertz CT molecular complexity index is 1420. The molecule has 1 aliphatic heterocycles. The zero-order chi connectivity index (χ0) is 25.9. The Labute approximate surface area is 218 Å². The van der Waals surface area contributed by atoms with Crippen LogP contribution in [0.3, 0.4) is 0 Å². The number of hydrogen-bond acceptors (Lipinski definition) is 3. The van der Waals surface area contributed by atoms with Gasteiger partial charge in [0.2, 0.25) is 0 Å². The van der Waals surface area contributed by atoms with E-state index in [2.05, 4.69) is 91.6 Å². The number of rotatable bonds is 7. The standard InChI is InChI=1S/C32H33N3O2/c1-4-23-8-14-29(15-9-23)35-22(3)18-27-19-26(28-20-33-34(5-2)21-28)13-16-30(27)32(35)25-11-6-24(7-12-25)10-17-31(36)37/h6-17,19-22,32H,4-5,18H2,1-3H3,(H,36,37)/b17-10+/t22-,32-/m1/s1. The quantitative estimate of drug-likeness (QED) is 0.290. The van der Waals surface area contributed by atoms with Crippen molar-refractivity contribution in [3.63, 3.8) is 0 Å². The summed E-state index contributed by atoms with van der Waals surface area (Å²) in [6.07, 6.45) is 8.84. The maximum atomic E-state index is 11.0. The predicted molar refractivity (Wildman–Crippen MR) is 150 cm³/mol. The van der Waals surface area contributed by atoms with E-state index in [1.165, 1.54) is 39.6 Å². The minimum absolute atomic E-state index is 0.0520. The lowest BCUT2D eigenvalue weighted by atomic mass is 9.83. The van der Waals surface area contributed by atoms with Crippen molar-refractivity contribution in [2.45, 2.75) is 52.2 Å². The lowest BCUT2D eigenvalue weighted by Crippen LogP contribution is -2.42. The predicted octanol–water partition coefficient (Wildman–Crippen LogP) is 6.77. The number of aliphatic carboxylic acids is 1. The Balaban J connectivity index is 1.59. The summed E-state index contributed by atoms with van der Waals surface area (Å²) < 4.78 is 1.96. The van der Waals surface area contributed by atoms with Gasteiger partial charge in [-0.05, 0) is 78.3 Å². The lowest BCUT2D eigenvalue weighted by molar-refractivity contribution is -0.131. The van der Waals surface area contributed by atoms with Gasteiger partial charge < -0.3 is 10.0 Å². The Kier molecular flexibility index (Phi) is 6.95. The van der Waals surface area contributed by atoms with Crippen LogP contribution in [0.15, 0.2) is 85.2 Å². The largest absolute Gasteiger partial charge is 0.478 e. The number of aryl methyl sites for hydroxylation is 2. The zero-order valence-electron chi connectivity index (χ0n) is 21.6. The molecule has 0 fully saturated rings. The number of benzene rings is 3. The molecule has 5 nitrogen and oxygen atoms in total. The summed E-state index contributed by atoms with van der Waals surface area (Å²) in [6, 6.07) is 24.3. The first-order valence-corrected chi connectivity index (χ1v) is 13.0. The topological polar surface area (TPSA) is 58.4 Å². The van der Waals surface area contributed by atoms with Crippen LogP contribution in [0.1, 0.15) is 54.6 Å².